The molecule has 0 bridgehead atoms. The molecule has 1 amide bonds. The van der Waals surface area contributed by atoms with Crippen LogP contribution in [-0.4, -0.2) is 45.7 Å². The van der Waals surface area contributed by atoms with Gasteiger partial charge in [0.05, 0.1) is 28.8 Å². The number of sulfone groups is 1. The molecule has 0 aliphatic carbocycles. The smallest absolute Gasteiger partial charge is 0.226 e. The average molecular weight is 598 g/mol. The van der Waals surface area contributed by atoms with Crippen LogP contribution in [0, 0.1) is 11.7 Å². The molecular formula is C31H28FN7O3S. The van der Waals surface area contributed by atoms with E-state index >= 15 is 0 Å². The second-order valence-corrected chi connectivity index (χ2v) is 12.9. The number of carbonyl (C=O) groups excluding carboxylic acids is 1. The summed E-state index contributed by atoms with van der Waals surface area (Å²) in [6, 6.07) is 15.4. The van der Waals surface area contributed by atoms with E-state index in [1.54, 1.807) is 30.7 Å². The SMILES string of the molecule is CC(C)C(=O)Nc1cncc(-c2ccc3[nH]nc(-c4cc5c(-c6cc(F)cc(C(N)S(C)(=O)=O)c6)nccc5[nH]4)c3c2)c1. The first-order valence-electron chi connectivity index (χ1n) is 13.5. The summed E-state index contributed by atoms with van der Waals surface area (Å²) >= 11 is 0. The maximum atomic E-state index is 14.6. The second kappa shape index (κ2) is 10.7. The van der Waals surface area contributed by atoms with Gasteiger partial charge in [0.1, 0.15) is 16.9 Å². The lowest BCUT2D eigenvalue weighted by molar-refractivity contribution is -0.118. The van der Waals surface area contributed by atoms with E-state index in [9.17, 15) is 17.6 Å². The maximum Gasteiger partial charge on any atom is 0.226 e. The van der Waals surface area contributed by atoms with Crippen molar-refractivity contribution < 1.29 is 17.6 Å². The summed E-state index contributed by atoms with van der Waals surface area (Å²) in [5, 5.41) is 10.7. The Morgan fingerprint density at radius 2 is 1.72 bits per heavy atom. The number of aromatic nitrogens is 5. The molecule has 43 heavy (non-hydrogen) atoms. The third-order valence-corrected chi connectivity index (χ3v) is 8.41. The Bertz CT molecular complexity index is 2140. The first-order chi connectivity index (χ1) is 20.5. The van der Waals surface area contributed by atoms with Gasteiger partial charge in [-0.15, -0.1) is 0 Å². The van der Waals surface area contributed by atoms with Crippen LogP contribution in [0.3, 0.4) is 0 Å². The second-order valence-electron chi connectivity index (χ2n) is 10.8. The number of halogens is 1. The standard InChI is InChI=1S/C31H28FN7O3S/c1-16(2)31(40)36-22-11-20(14-34-15-22)17-4-5-26-23(12-17)29(39-38-26)27-13-24-25(37-27)6-7-35-28(24)18-8-19(10-21(32)9-18)30(33)43(3,41)42/h4-16,30,37H,33H2,1-3H3,(H,36,40)(H,38,39). The van der Waals surface area contributed by atoms with Gasteiger partial charge in [-0.1, -0.05) is 19.9 Å². The molecule has 12 heteroatoms. The molecule has 2 aromatic carbocycles. The third kappa shape index (κ3) is 5.49. The lowest BCUT2D eigenvalue weighted by Crippen LogP contribution is -2.20. The van der Waals surface area contributed by atoms with Crippen molar-refractivity contribution in [3.8, 4) is 33.8 Å². The normalized spacial score (nSPS) is 12.7. The summed E-state index contributed by atoms with van der Waals surface area (Å²) in [7, 11) is -3.65. The van der Waals surface area contributed by atoms with Crippen LogP contribution in [0.25, 0.3) is 55.6 Å². The molecule has 6 rings (SSSR count). The van der Waals surface area contributed by atoms with Crippen molar-refractivity contribution in [2.24, 2.45) is 11.7 Å². The van der Waals surface area contributed by atoms with E-state index in [1.165, 1.54) is 6.07 Å². The highest BCUT2D eigenvalue weighted by atomic mass is 32.2. The van der Waals surface area contributed by atoms with Crippen LogP contribution >= 0.6 is 0 Å². The molecule has 0 saturated heterocycles. The van der Waals surface area contributed by atoms with Gasteiger partial charge in [-0.05, 0) is 59.7 Å². The van der Waals surface area contributed by atoms with Crippen molar-refractivity contribution >= 4 is 43.2 Å². The number of benzene rings is 2. The van der Waals surface area contributed by atoms with Gasteiger partial charge in [-0.25, -0.2) is 12.8 Å². The van der Waals surface area contributed by atoms with E-state index in [2.05, 4.69) is 30.5 Å². The fourth-order valence-electron chi connectivity index (χ4n) is 4.92. The molecule has 0 radical (unpaired) electrons. The number of nitrogens with zero attached hydrogens (tertiary/aromatic N) is 3. The van der Waals surface area contributed by atoms with Gasteiger partial charge >= 0.3 is 0 Å². The zero-order valence-corrected chi connectivity index (χ0v) is 24.3. The highest BCUT2D eigenvalue weighted by Crippen LogP contribution is 2.35. The van der Waals surface area contributed by atoms with Crippen LogP contribution in [0.5, 0.6) is 0 Å². The summed E-state index contributed by atoms with van der Waals surface area (Å²) in [5.41, 5.74) is 12.1. The number of nitrogens with one attached hydrogen (secondary N) is 3. The Labute approximate surface area is 246 Å². The van der Waals surface area contributed by atoms with Crippen molar-refractivity contribution in [3.63, 3.8) is 0 Å². The number of amides is 1. The van der Waals surface area contributed by atoms with Crippen LogP contribution in [0.4, 0.5) is 10.1 Å². The zero-order valence-electron chi connectivity index (χ0n) is 23.5. The van der Waals surface area contributed by atoms with Gasteiger partial charge in [-0.2, -0.15) is 5.10 Å². The number of pyridine rings is 2. The van der Waals surface area contributed by atoms with Gasteiger partial charge in [0, 0.05) is 52.0 Å². The Morgan fingerprint density at radius 3 is 2.49 bits per heavy atom. The number of anilines is 1. The van der Waals surface area contributed by atoms with E-state index < -0.39 is 21.0 Å². The maximum absolute atomic E-state index is 14.6. The van der Waals surface area contributed by atoms with Gasteiger partial charge in [0.2, 0.25) is 5.91 Å². The predicted molar refractivity (Wildman–Crippen MR) is 165 cm³/mol. The Hall–Kier alpha value is -4.94. The molecule has 4 aromatic heterocycles. The number of rotatable bonds is 7. The molecule has 10 nitrogen and oxygen atoms in total. The Balaban J connectivity index is 1.41. The largest absolute Gasteiger partial charge is 0.353 e. The molecule has 5 N–H and O–H groups in total. The topological polar surface area (TPSA) is 160 Å². The summed E-state index contributed by atoms with van der Waals surface area (Å²) in [6.45, 7) is 3.65. The first-order valence-corrected chi connectivity index (χ1v) is 15.4. The zero-order chi connectivity index (χ0) is 30.5. The van der Waals surface area contributed by atoms with Crippen molar-refractivity contribution in [2.75, 3.05) is 11.6 Å². The van der Waals surface area contributed by atoms with E-state index in [0.717, 1.165) is 39.9 Å². The van der Waals surface area contributed by atoms with E-state index in [4.69, 9.17) is 5.73 Å². The molecule has 1 unspecified atom stereocenters. The number of hydrogen-bond acceptors (Lipinski definition) is 7. The Morgan fingerprint density at radius 1 is 0.930 bits per heavy atom. The molecule has 4 heterocycles. The van der Waals surface area contributed by atoms with Crippen LogP contribution in [0.15, 0.2) is 73.2 Å². The molecule has 0 saturated carbocycles. The number of H-pyrrole nitrogens is 2. The number of aromatic amines is 2. The van der Waals surface area contributed by atoms with Crippen molar-refractivity contribution in [3.05, 3.63) is 84.6 Å². The van der Waals surface area contributed by atoms with Gasteiger partial charge in [-0.3, -0.25) is 19.9 Å². The van der Waals surface area contributed by atoms with Crippen LogP contribution in [0.1, 0.15) is 24.8 Å². The van der Waals surface area contributed by atoms with E-state index in [0.29, 0.717) is 33.7 Å². The summed E-state index contributed by atoms with van der Waals surface area (Å²) in [4.78, 5) is 24.4. The number of fused-ring (bicyclic) bond motifs is 2. The average Bonchev–Trinajstić information content (AvgIpc) is 3.59. The minimum atomic E-state index is -3.65. The molecular weight excluding hydrogens is 569 g/mol. The molecule has 6 aromatic rings. The van der Waals surface area contributed by atoms with Crippen LogP contribution in [0.2, 0.25) is 0 Å². The van der Waals surface area contributed by atoms with E-state index in [-0.39, 0.29) is 17.4 Å². The fourth-order valence-corrected chi connectivity index (χ4v) is 5.55. The summed E-state index contributed by atoms with van der Waals surface area (Å²) in [5.74, 6) is -0.866. The summed E-state index contributed by atoms with van der Waals surface area (Å²) in [6.07, 6.45) is 5.95. The number of carbonyl (C=O) groups is 1. The Kier molecular flexibility index (Phi) is 7.03. The fraction of sp³-hybridized carbons (Fsp3) is 0.161. The molecule has 0 fully saturated rings. The minimum absolute atomic E-state index is 0.0908. The van der Waals surface area contributed by atoms with Gasteiger partial charge in [0.25, 0.3) is 0 Å². The van der Waals surface area contributed by atoms with Gasteiger partial charge < -0.3 is 16.0 Å². The number of hydrogen-bond donors (Lipinski definition) is 4. The highest BCUT2D eigenvalue weighted by Gasteiger charge is 2.21. The summed E-state index contributed by atoms with van der Waals surface area (Å²) < 4.78 is 38.7. The highest BCUT2D eigenvalue weighted by molar-refractivity contribution is 7.90. The molecule has 0 spiro atoms. The van der Waals surface area contributed by atoms with Crippen LogP contribution in [-0.2, 0) is 14.6 Å². The van der Waals surface area contributed by atoms with Crippen LogP contribution < -0.4 is 11.1 Å². The first kappa shape index (κ1) is 28.2. The lowest BCUT2D eigenvalue weighted by atomic mass is 10.0. The predicted octanol–water partition coefficient (Wildman–Crippen LogP) is 5.57. The third-order valence-electron chi connectivity index (χ3n) is 7.21. The number of nitrogens with two attached hydrogens (primary N) is 1. The van der Waals surface area contributed by atoms with Crippen molar-refractivity contribution in [1.29, 1.82) is 0 Å². The molecule has 218 valence electrons. The monoisotopic (exact) mass is 597 g/mol. The van der Waals surface area contributed by atoms with Gasteiger partial charge in [0.15, 0.2) is 9.84 Å². The molecule has 0 aliphatic rings. The lowest BCUT2D eigenvalue weighted by Gasteiger charge is -2.12. The van der Waals surface area contributed by atoms with E-state index in [1.807, 2.05) is 44.2 Å². The van der Waals surface area contributed by atoms with Crippen molar-refractivity contribution in [1.82, 2.24) is 25.1 Å². The van der Waals surface area contributed by atoms with Crippen molar-refractivity contribution in [2.45, 2.75) is 19.2 Å². The molecule has 0 aliphatic heterocycles. The quantitative estimate of drug-likeness (QED) is 0.187. The minimum Gasteiger partial charge on any atom is -0.353 e. The molecule has 1 atom stereocenters.